The van der Waals surface area contributed by atoms with E-state index in [1.807, 2.05) is 12.1 Å². The smallest absolute Gasteiger partial charge is 0.224 e. The van der Waals surface area contributed by atoms with Gasteiger partial charge in [0.2, 0.25) is 5.91 Å². The van der Waals surface area contributed by atoms with Gasteiger partial charge in [-0.2, -0.15) is 5.10 Å². The SMILES string of the molecule is O=C(CCc1cccnc1)Nc1cn[nH]c1C1CCNC1. The molecule has 6 heteroatoms. The Bertz CT molecular complexity index is 589. The van der Waals surface area contributed by atoms with E-state index < -0.39 is 0 Å². The van der Waals surface area contributed by atoms with Crippen LogP contribution in [0.1, 0.15) is 30.0 Å². The molecule has 1 saturated heterocycles. The monoisotopic (exact) mass is 285 g/mol. The summed E-state index contributed by atoms with van der Waals surface area (Å²) in [4.78, 5) is 16.1. The fourth-order valence-electron chi connectivity index (χ4n) is 2.62. The molecule has 2 aromatic heterocycles. The van der Waals surface area contributed by atoms with Crippen molar-refractivity contribution in [3.8, 4) is 0 Å². The number of aromatic amines is 1. The number of H-pyrrole nitrogens is 1. The van der Waals surface area contributed by atoms with Crippen LogP contribution in [0.2, 0.25) is 0 Å². The number of aromatic nitrogens is 3. The Morgan fingerprint density at radius 2 is 2.38 bits per heavy atom. The average molecular weight is 285 g/mol. The van der Waals surface area contributed by atoms with Crippen LogP contribution in [-0.4, -0.2) is 34.2 Å². The van der Waals surface area contributed by atoms with Crippen molar-refractivity contribution >= 4 is 11.6 Å². The molecule has 3 heterocycles. The minimum atomic E-state index is 0.00691. The van der Waals surface area contributed by atoms with E-state index in [1.54, 1.807) is 18.6 Å². The van der Waals surface area contributed by atoms with Crippen molar-refractivity contribution in [1.29, 1.82) is 0 Å². The van der Waals surface area contributed by atoms with Crippen LogP contribution < -0.4 is 10.6 Å². The average Bonchev–Trinajstić information content (AvgIpc) is 3.17. The largest absolute Gasteiger partial charge is 0.323 e. The van der Waals surface area contributed by atoms with Crippen molar-refractivity contribution in [3.05, 3.63) is 42.0 Å². The van der Waals surface area contributed by atoms with Gasteiger partial charge >= 0.3 is 0 Å². The van der Waals surface area contributed by atoms with Crippen molar-refractivity contribution in [2.75, 3.05) is 18.4 Å². The predicted molar refractivity (Wildman–Crippen MR) is 80.0 cm³/mol. The van der Waals surface area contributed by atoms with Gasteiger partial charge in [0.05, 0.1) is 17.6 Å². The molecule has 3 rings (SSSR count). The molecule has 6 nitrogen and oxygen atoms in total. The Labute approximate surface area is 123 Å². The van der Waals surface area contributed by atoms with Gasteiger partial charge in [-0.05, 0) is 31.0 Å². The summed E-state index contributed by atoms with van der Waals surface area (Å²) in [6.07, 6.45) is 7.42. The number of anilines is 1. The third-order valence-electron chi connectivity index (χ3n) is 3.78. The number of hydrogen-bond acceptors (Lipinski definition) is 4. The minimum Gasteiger partial charge on any atom is -0.323 e. The highest BCUT2D eigenvalue weighted by molar-refractivity contribution is 5.91. The van der Waals surface area contributed by atoms with Gasteiger partial charge in [0.1, 0.15) is 0 Å². The summed E-state index contributed by atoms with van der Waals surface area (Å²) < 4.78 is 0. The standard InChI is InChI=1S/C15H19N5O/c21-14(4-3-11-2-1-6-16-8-11)19-13-10-18-20-15(13)12-5-7-17-9-12/h1-2,6,8,10,12,17H,3-5,7,9H2,(H,18,20)(H,19,21). The highest BCUT2D eigenvalue weighted by Crippen LogP contribution is 2.26. The summed E-state index contributed by atoms with van der Waals surface area (Å²) in [6.45, 7) is 1.94. The van der Waals surface area contributed by atoms with Crippen LogP contribution in [0.15, 0.2) is 30.7 Å². The van der Waals surface area contributed by atoms with Gasteiger partial charge in [-0.3, -0.25) is 14.9 Å². The van der Waals surface area contributed by atoms with E-state index in [4.69, 9.17) is 0 Å². The molecular formula is C15H19N5O. The number of hydrogen-bond donors (Lipinski definition) is 3. The molecule has 0 saturated carbocycles. The second-order valence-corrected chi connectivity index (χ2v) is 5.30. The molecule has 0 spiro atoms. The summed E-state index contributed by atoms with van der Waals surface area (Å²) in [5.41, 5.74) is 2.90. The molecule has 1 fully saturated rings. The van der Waals surface area contributed by atoms with Gasteiger partial charge in [0.25, 0.3) is 0 Å². The molecule has 1 aliphatic heterocycles. The molecular weight excluding hydrogens is 266 g/mol. The lowest BCUT2D eigenvalue weighted by Gasteiger charge is -2.10. The molecule has 0 aromatic carbocycles. The van der Waals surface area contributed by atoms with Crippen molar-refractivity contribution in [1.82, 2.24) is 20.5 Å². The highest BCUT2D eigenvalue weighted by atomic mass is 16.1. The quantitative estimate of drug-likeness (QED) is 0.776. The molecule has 110 valence electrons. The fraction of sp³-hybridized carbons (Fsp3) is 0.400. The first-order valence-corrected chi connectivity index (χ1v) is 7.25. The fourth-order valence-corrected chi connectivity index (χ4v) is 2.62. The second-order valence-electron chi connectivity index (χ2n) is 5.30. The number of nitrogens with zero attached hydrogens (tertiary/aromatic N) is 2. The molecule has 0 bridgehead atoms. The number of carbonyl (C=O) groups is 1. The maximum Gasteiger partial charge on any atom is 0.224 e. The van der Waals surface area contributed by atoms with E-state index in [-0.39, 0.29) is 5.91 Å². The molecule has 3 N–H and O–H groups in total. The number of pyridine rings is 1. The Hall–Kier alpha value is -2.21. The summed E-state index contributed by atoms with van der Waals surface area (Å²) in [5.74, 6) is 0.411. The first-order chi connectivity index (χ1) is 10.3. The van der Waals surface area contributed by atoms with Crippen molar-refractivity contribution in [3.63, 3.8) is 0 Å². The lowest BCUT2D eigenvalue weighted by Crippen LogP contribution is -2.15. The van der Waals surface area contributed by atoms with Gasteiger partial charge in [-0.1, -0.05) is 6.07 Å². The number of aryl methyl sites for hydroxylation is 1. The lowest BCUT2D eigenvalue weighted by atomic mass is 10.0. The normalized spacial score (nSPS) is 17.8. The van der Waals surface area contributed by atoms with Crippen LogP contribution in [0.5, 0.6) is 0 Å². The van der Waals surface area contributed by atoms with Crippen LogP contribution in [0.25, 0.3) is 0 Å². The third kappa shape index (κ3) is 3.46. The van der Waals surface area contributed by atoms with Crippen LogP contribution in [-0.2, 0) is 11.2 Å². The minimum absolute atomic E-state index is 0.00691. The number of amides is 1. The molecule has 1 aliphatic rings. The summed E-state index contributed by atoms with van der Waals surface area (Å²) in [6, 6.07) is 3.86. The summed E-state index contributed by atoms with van der Waals surface area (Å²) in [5, 5.41) is 13.3. The molecule has 0 radical (unpaired) electrons. The molecule has 21 heavy (non-hydrogen) atoms. The molecule has 0 aliphatic carbocycles. The number of nitrogens with one attached hydrogen (secondary N) is 3. The lowest BCUT2D eigenvalue weighted by molar-refractivity contribution is -0.116. The van der Waals surface area contributed by atoms with E-state index in [9.17, 15) is 4.79 Å². The Morgan fingerprint density at radius 3 is 3.14 bits per heavy atom. The van der Waals surface area contributed by atoms with Crippen LogP contribution in [0.3, 0.4) is 0 Å². The number of rotatable bonds is 5. The maximum atomic E-state index is 12.1. The molecule has 1 atom stereocenters. The van der Waals surface area contributed by atoms with E-state index >= 15 is 0 Å². The van der Waals surface area contributed by atoms with Gasteiger partial charge in [0, 0.05) is 31.3 Å². The van der Waals surface area contributed by atoms with Gasteiger partial charge in [-0.25, -0.2) is 0 Å². The van der Waals surface area contributed by atoms with Crippen molar-refractivity contribution in [2.24, 2.45) is 0 Å². The van der Waals surface area contributed by atoms with Gasteiger partial charge < -0.3 is 10.6 Å². The Morgan fingerprint density at radius 1 is 1.43 bits per heavy atom. The van der Waals surface area contributed by atoms with E-state index in [0.717, 1.165) is 36.5 Å². The summed E-state index contributed by atoms with van der Waals surface area (Å²) in [7, 11) is 0. The third-order valence-corrected chi connectivity index (χ3v) is 3.78. The number of carbonyl (C=O) groups excluding carboxylic acids is 1. The van der Waals surface area contributed by atoms with Gasteiger partial charge in [-0.15, -0.1) is 0 Å². The zero-order valence-corrected chi connectivity index (χ0v) is 11.8. The van der Waals surface area contributed by atoms with Crippen LogP contribution in [0.4, 0.5) is 5.69 Å². The van der Waals surface area contributed by atoms with Crippen LogP contribution >= 0.6 is 0 Å². The molecule has 2 aromatic rings. The summed E-state index contributed by atoms with van der Waals surface area (Å²) >= 11 is 0. The van der Waals surface area contributed by atoms with Crippen LogP contribution in [0, 0.1) is 0 Å². The highest BCUT2D eigenvalue weighted by Gasteiger charge is 2.22. The predicted octanol–water partition coefficient (Wildman–Crippen LogP) is 1.45. The maximum absolute atomic E-state index is 12.1. The van der Waals surface area contributed by atoms with E-state index in [0.29, 0.717) is 18.8 Å². The molecule has 1 unspecified atom stereocenters. The zero-order chi connectivity index (χ0) is 14.5. The topological polar surface area (TPSA) is 82.7 Å². The Balaban J connectivity index is 1.56. The first kappa shape index (κ1) is 13.8. The second kappa shape index (κ2) is 6.49. The van der Waals surface area contributed by atoms with Crippen molar-refractivity contribution < 1.29 is 4.79 Å². The zero-order valence-electron chi connectivity index (χ0n) is 11.8. The van der Waals surface area contributed by atoms with E-state index in [2.05, 4.69) is 25.8 Å². The van der Waals surface area contributed by atoms with E-state index in [1.165, 1.54) is 0 Å². The first-order valence-electron chi connectivity index (χ1n) is 7.25. The van der Waals surface area contributed by atoms with Crippen molar-refractivity contribution in [2.45, 2.75) is 25.2 Å². The van der Waals surface area contributed by atoms with Gasteiger partial charge in [0.15, 0.2) is 0 Å². The molecule has 1 amide bonds. The Kier molecular flexibility index (Phi) is 4.25.